The summed E-state index contributed by atoms with van der Waals surface area (Å²) in [5.74, 6) is -1.04. The van der Waals surface area contributed by atoms with Gasteiger partial charge in [-0.15, -0.1) is 0 Å². The van der Waals surface area contributed by atoms with E-state index in [0.717, 1.165) is 5.56 Å². The Kier molecular flexibility index (Phi) is 5.72. The van der Waals surface area contributed by atoms with Crippen molar-refractivity contribution in [1.82, 2.24) is 0 Å². The number of esters is 1. The smallest absolute Gasteiger partial charge is 0.312 e. The van der Waals surface area contributed by atoms with Crippen molar-refractivity contribution in [2.24, 2.45) is 5.92 Å². The lowest BCUT2D eigenvalue weighted by Crippen LogP contribution is -2.30. The molecule has 0 aliphatic heterocycles. The molecule has 2 atom stereocenters. The van der Waals surface area contributed by atoms with Crippen molar-refractivity contribution in [3.8, 4) is 0 Å². The number of methoxy groups -OCH3 is 1. The highest BCUT2D eigenvalue weighted by atomic mass is 16.6. The van der Waals surface area contributed by atoms with Gasteiger partial charge in [0.2, 0.25) is 0 Å². The summed E-state index contributed by atoms with van der Waals surface area (Å²) in [5, 5.41) is 10.4. The van der Waals surface area contributed by atoms with E-state index in [1.165, 1.54) is 0 Å². The Morgan fingerprint density at radius 3 is 2.45 bits per heavy atom. The van der Waals surface area contributed by atoms with Crippen LogP contribution in [0.1, 0.15) is 44.9 Å². The van der Waals surface area contributed by atoms with Gasteiger partial charge in [-0.1, -0.05) is 24.3 Å². The number of aliphatic hydroxyl groups excluding tert-OH is 1. The highest BCUT2D eigenvalue weighted by molar-refractivity contribution is 5.73. The van der Waals surface area contributed by atoms with Gasteiger partial charge in [0.15, 0.2) is 0 Å². The van der Waals surface area contributed by atoms with Crippen LogP contribution in [-0.2, 0) is 20.9 Å². The summed E-state index contributed by atoms with van der Waals surface area (Å²) in [6.07, 6.45) is -0.906. The molecule has 112 valence electrons. The summed E-state index contributed by atoms with van der Waals surface area (Å²) in [4.78, 5) is 12.0. The average Bonchev–Trinajstić information content (AvgIpc) is 2.36. The summed E-state index contributed by atoms with van der Waals surface area (Å²) in [7, 11) is 1.60. The molecule has 1 N–H and O–H groups in total. The van der Waals surface area contributed by atoms with Gasteiger partial charge < -0.3 is 14.6 Å². The minimum Gasteiger partial charge on any atom is -0.460 e. The summed E-state index contributed by atoms with van der Waals surface area (Å²) in [5.41, 5.74) is 1.02. The van der Waals surface area contributed by atoms with E-state index in [2.05, 4.69) is 0 Å². The van der Waals surface area contributed by atoms with E-state index < -0.39 is 23.6 Å². The second-order valence-electron chi connectivity index (χ2n) is 5.90. The number of carbonyl (C=O) groups is 1. The van der Waals surface area contributed by atoms with E-state index in [9.17, 15) is 9.90 Å². The topological polar surface area (TPSA) is 55.8 Å². The Hall–Kier alpha value is -1.39. The number of ether oxygens (including phenoxy) is 2. The molecule has 0 radical (unpaired) electrons. The van der Waals surface area contributed by atoms with Gasteiger partial charge in [-0.2, -0.15) is 0 Å². The molecule has 0 fully saturated rings. The van der Waals surface area contributed by atoms with Crippen molar-refractivity contribution in [3.05, 3.63) is 35.4 Å². The van der Waals surface area contributed by atoms with Crippen LogP contribution in [0.2, 0.25) is 0 Å². The number of aliphatic hydroxyl groups is 1. The van der Waals surface area contributed by atoms with Crippen LogP contribution in [0.15, 0.2) is 24.3 Å². The van der Waals surface area contributed by atoms with Crippen LogP contribution in [0, 0.1) is 5.92 Å². The third kappa shape index (κ3) is 4.62. The SMILES string of the molecule is COCc1ccccc1C(O)C(C)C(=O)OC(C)(C)C. The maximum absolute atomic E-state index is 12.0. The lowest BCUT2D eigenvalue weighted by atomic mass is 9.93. The molecular formula is C16H24O4. The third-order valence-electron chi connectivity index (χ3n) is 2.93. The fraction of sp³-hybridized carbons (Fsp3) is 0.562. The molecule has 0 aliphatic rings. The number of rotatable bonds is 5. The number of hydrogen-bond acceptors (Lipinski definition) is 4. The van der Waals surface area contributed by atoms with E-state index >= 15 is 0 Å². The maximum atomic E-state index is 12.0. The predicted molar refractivity (Wildman–Crippen MR) is 77.1 cm³/mol. The van der Waals surface area contributed by atoms with E-state index in [1.807, 2.05) is 39.0 Å². The molecule has 0 bridgehead atoms. The van der Waals surface area contributed by atoms with Crippen LogP contribution in [0.3, 0.4) is 0 Å². The zero-order valence-electron chi connectivity index (χ0n) is 12.8. The first-order valence-electron chi connectivity index (χ1n) is 6.74. The minimum absolute atomic E-state index is 0.397. The molecule has 0 saturated carbocycles. The standard InChI is InChI=1S/C16H24O4/c1-11(15(18)20-16(2,3)4)14(17)13-9-7-6-8-12(13)10-19-5/h6-9,11,14,17H,10H2,1-5H3. The molecule has 4 nitrogen and oxygen atoms in total. The molecule has 1 rings (SSSR count). The molecule has 0 spiro atoms. The Morgan fingerprint density at radius 2 is 1.90 bits per heavy atom. The normalized spacial score (nSPS) is 14.7. The van der Waals surface area contributed by atoms with Crippen LogP contribution in [0.4, 0.5) is 0 Å². The maximum Gasteiger partial charge on any atom is 0.312 e. The molecule has 4 heteroatoms. The van der Waals surface area contributed by atoms with Crippen LogP contribution in [0.5, 0.6) is 0 Å². The zero-order valence-corrected chi connectivity index (χ0v) is 12.8. The highest BCUT2D eigenvalue weighted by Gasteiger charge is 2.29. The molecular weight excluding hydrogens is 256 g/mol. The lowest BCUT2D eigenvalue weighted by molar-refractivity contribution is -0.163. The molecule has 1 aromatic rings. The molecule has 0 amide bonds. The number of hydrogen-bond donors (Lipinski definition) is 1. The van der Waals surface area contributed by atoms with Crippen molar-refractivity contribution in [1.29, 1.82) is 0 Å². The predicted octanol–water partition coefficient (Wildman–Crippen LogP) is 2.84. The monoisotopic (exact) mass is 280 g/mol. The largest absolute Gasteiger partial charge is 0.460 e. The Morgan fingerprint density at radius 1 is 1.30 bits per heavy atom. The Labute approximate surface area is 120 Å². The van der Waals surface area contributed by atoms with Gasteiger partial charge in [-0.25, -0.2) is 0 Å². The fourth-order valence-electron chi connectivity index (χ4n) is 1.90. The summed E-state index contributed by atoms with van der Waals surface area (Å²) >= 11 is 0. The summed E-state index contributed by atoms with van der Waals surface area (Å²) in [6, 6.07) is 7.39. The second-order valence-corrected chi connectivity index (χ2v) is 5.90. The van der Waals surface area contributed by atoms with Crippen molar-refractivity contribution in [2.45, 2.75) is 46.0 Å². The van der Waals surface area contributed by atoms with E-state index in [0.29, 0.717) is 12.2 Å². The van der Waals surface area contributed by atoms with Crippen LogP contribution in [0.25, 0.3) is 0 Å². The van der Waals surface area contributed by atoms with Crippen molar-refractivity contribution >= 4 is 5.97 Å². The quantitative estimate of drug-likeness (QED) is 0.843. The highest BCUT2D eigenvalue weighted by Crippen LogP contribution is 2.27. The van der Waals surface area contributed by atoms with Crippen molar-refractivity contribution in [2.75, 3.05) is 7.11 Å². The molecule has 0 aliphatic carbocycles. The molecule has 0 heterocycles. The molecule has 0 aromatic heterocycles. The van der Waals surface area contributed by atoms with Gasteiger partial charge in [-0.3, -0.25) is 4.79 Å². The Bertz CT molecular complexity index is 448. The lowest BCUT2D eigenvalue weighted by Gasteiger charge is -2.25. The van der Waals surface area contributed by atoms with Gasteiger partial charge in [0.1, 0.15) is 5.60 Å². The van der Waals surface area contributed by atoms with Crippen LogP contribution >= 0.6 is 0 Å². The van der Waals surface area contributed by atoms with E-state index in [-0.39, 0.29) is 0 Å². The zero-order chi connectivity index (χ0) is 15.3. The summed E-state index contributed by atoms with van der Waals surface area (Å²) < 4.78 is 10.4. The van der Waals surface area contributed by atoms with Gasteiger partial charge in [-0.05, 0) is 38.8 Å². The fourth-order valence-corrected chi connectivity index (χ4v) is 1.90. The van der Waals surface area contributed by atoms with Gasteiger partial charge in [0, 0.05) is 7.11 Å². The van der Waals surface area contributed by atoms with E-state index in [4.69, 9.17) is 9.47 Å². The second kappa shape index (κ2) is 6.86. The van der Waals surface area contributed by atoms with E-state index in [1.54, 1.807) is 20.1 Å². The number of benzene rings is 1. The first kappa shape index (κ1) is 16.7. The molecule has 2 unspecified atom stereocenters. The van der Waals surface area contributed by atoms with Crippen molar-refractivity contribution in [3.63, 3.8) is 0 Å². The summed E-state index contributed by atoms with van der Waals surface area (Å²) in [6.45, 7) is 7.49. The number of carbonyl (C=O) groups excluding carboxylic acids is 1. The van der Waals surface area contributed by atoms with Gasteiger partial charge in [0.05, 0.1) is 18.6 Å². The Balaban J connectivity index is 2.88. The van der Waals surface area contributed by atoms with Gasteiger partial charge in [0.25, 0.3) is 0 Å². The molecule has 0 saturated heterocycles. The van der Waals surface area contributed by atoms with Crippen LogP contribution in [-0.4, -0.2) is 23.8 Å². The van der Waals surface area contributed by atoms with Crippen molar-refractivity contribution < 1.29 is 19.4 Å². The molecule has 20 heavy (non-hydrogen) atoms. The first-order chi connectivity index (χ1) is 9.26. The van der Waals surface area contributed by atoms with Gasteiger partial charge >= 0.3 is 5.97 Å². The first-order valence-corrected chi connectivity index (χ1v) is 6.74. The minimum atomic E-state index is -0.906. The average molecular weight is 280 g/mol. The van der Waals surface area contributed by atoms with Crippen LogP contribution < -0.4 is 0 Å². The molecule has 1 aromatic carbocycles. The third-order valence-corrected chi connectivity index (χ3v) is 2.93.